The fraction of sp³-hybridized carbons (Fsp3) is 0.364. The van der Waals surface area contributed by atoms with Gasteiger partial charge in [-0.3, -0.25) is 9.59 Å². The van der Waals surface area contributed by atoms with Crippen LogP contribution in [0.15, 0.2) is 33.0 Å². The molecular weight excluding hydrogens is 432 g/mol. The van der Waals surface area contributed by atoms with E-state index in [1.807, 2.05) is 12.3 Å². The molecular formula is C22H24N4O5S. The SMILES string of the molecule is COc1c(N=[N+]=[N-])c2c(c(OC)c1OC)-c1ccc(SC)c(=O)cc1[C@@H](NC(C)=O)CC2. The van der Waals surface area contributed by atoms with E-state index in [0.29, 0.717) is 45.7 Å². The van der Waals surface area contributed by atoms with Crippen LogP contribution in [0, 0.1) is 0 Å². The van der Waals surface area contributed by atoms with Crippen molar-refractivity contribution in [2.24, 2.45) is 5.11 Å². The number of hydrogen-bond acceptors (Lipinski definition) is 7. The molecule has 0 spiro atoms. The molecule has 0 radical (unpaired) electrons. The van der Waals surface area contributed by atoms with Gasteiger partial charge >= 0.3 is 0 Å². The second kappa shape index (κ2) is 9.84. The van der Waals surface area contributed by atoms with Gasteiger partial charge in [-0.1, -0.05) is 11.2 Å². The predicted octanol–water partition coefficient (Wildman–Crippen LogP) is 4.53. The van der Waals surface area contributed by atoms with Crippen molar-refractivity contribution in [1.82, 2.24) is 5.32 Å². The van der Waals surface area contributed by atoms with Crippen LogP contribution in [0.25, 0.3) is 21.6 Å². The van der Waals surface area contributed by atoms with E-state index >= 15 is 0 Å². The average Bonchev–Trinajstić information content (AvgIpc) is 3.02. The van der Waals surface area contributed by atoms with E-state index in [2.05, 4.69) is 15.3 Å². The molecule has 1 aliphatic rings. The molecule has 1 aliphatic carbocycles. The molecule has 0 aromatic heterocycles. The molecule has 1 atom stereocenters. The number of methoxy groups -OCH3 is 3. The van der Waals surface area contributed by atoms with Crippen LogP contribution >= 0.6 is 11.8 Å². The fourth-order valence-corrected chi connectivity index (χ4v) is 4.58. The van der Waals surface area contributed by atoms with Crippen LogP contribution in [-0.4, -0.2) is 33.5 Å². The summed E-state index contributed by atoms with van der Waals surface area (Å²) in [6.45, 7) is 1.43. The quantitative estimate of drug-likeness (QED) is 0.295. The monoisotopic (exact) mass is 456 g/mol. The summed E-state index contributed by atoms with van der Waals surface area (Å²) < 4.78 is 16.9. The molecule has 3 rings (SSSR count). The van der Waals surface area contributed by atoms with Crippen LogP contribution in [0.1, 0.15) is 30.5 Å². The van der Waals surface area contributed by atoms with Crippen LogP contribution in [0.2, 0.25) is 0 Å². The number of benzene rings is 1. The number of nitrogens with zero attached hydrogens (tertiary/aromatic N) is 3. The van der Waals surface area contributed by atoms with Gasteiger partial charge in [0.15, 0.2) is 16.9 Å². The molecule has 1 N–H and O–H groups in total. The Kier molecular flexibility index (Phi) is 7.17. The van der Waals surface area contributed by atoms with Gasteiger partial charge in [0.1, 0.15) is 0 Å². The Morgan fingerprint density at radius 1 is 1.19 bits per heavy atom. The third kappa shape index (κ3) is 4.06. The van der Waals surface area contributed by atoms with E-state index in [1.54, 1.807) is 12.1 Å². The summed E-state index contributed by atoms with van der Waals surface area (Å²) in [6.07, 6.45) is 2.74. The number of rotatable bonds is 6. The summed E-state index contributed by atoms with van der Waals surface area (Å²) in [5, 5.41) is 6.86. The zero-order valence-electron chi connectivity index (χ0n) is 18.5. The summed E-state index contributed by atoms with van der Waals surface area (Å²) in [6, 6.07) is 4.70. The lowest BCUT2D eigenvalue weighted by molar-refractivity contribution is -0.119. The number of carbonyl (C=O) groups is 1. The molecule has 32 heavy (non-hydrogen) atoms. The Morgan fingerprint density at radius 2 is 1.88 bits per heavy atom. The lowest BCUT2D eigenvalue weighted by Gasteiger charge is -2.21. The number of ether oxygens (including phenoxy) is 3. The minimum atomic E-state index is -0.426. The zero-order valence-corrected chi connectivity index (χ0v) is 19.3. The van der Waals surface area contributed by atoms with Gasteiger partial charge in [-0.25, -0.2) is 0 Å². The summed E-state index contributed by atoms with van der Waals surface area (Å²) in [5.41, 5.74) is 12.0. The highest BCUT2D eigenvalue weighted by Gasteiger charge is 2.32. The van der Waals surface area contributed by atoms with Crippen LogP contribution in [0.5, 0.6) is 17.2 Å². The highest BCUT2D eigenvalue weighted by atomic mass is 32.2. The Labute approximate surface area is 189 Å². The highest BCUT2D eigenvalue weighted by Crippen LogP contribution is 2.55. The predicted molar refractivity (Wildman–Crippen MR) is 123 cm³/mol. The van der Waals surface area contributed by atoms with Crippen molar-refractivity contribution in [1.29, 1.82) is 0 Å². The highest BCUT2D eigenvalue weighted by molar-refractivity contribution is 7.98. The summed E-state index contributed by atoms with van der Waals surface area (Å²) in [7, 11) is 4.44. The summed E-state index contributed by atoms with van der Waals surface area (Å²) in [5.74, 6) is 0.715. The van der Waals surface area contributed by atoms with Gasteiger partial charge in [0.2, 0.25) is 11.7 Å². The van der Waals surface area contributed by atoms with Crippen molar-refractivity contribution >= 4 is 23.4 Å². The smallest absolute Gasteiger partial charge is 0.217 e. The maximum Gasteiger partial charge on any atom is 0.217 e. The molecule has 0 fully saturated rings. The lowest BCUT2D eigenvalue weighted by atomic mass is 9.94. The molecule has 168 valence electrons. The first-order valence-corrected chi connectivity index (χ1v) is 11.0. The minimum absolute atomic E-state index is 0.146. The summed E-state index contributed by atoms with van der Waals surface area (Å²) >= 11 is 1.34. The number of amides is 1. The first kappa shape index (κ1) is 23.3. The van der Waals surface area contributed by atoms with E-state index in [4.69, 9.17) is 14.2 Å². The van der Waals surface area contributed by atoms with E-state index < -0.39 is 6.04 Å². The average molecular weight is 457 g/mol. The van der Waals surface area contributed by atoms with E-state index in [9.17, 15) is 15.1 Å². The number of hydrogen-bond donors (Lipinski definition) is 1. The van der Waals surface area contributed by atoms with Gasteiger partial charge in [0.05, 0.1) is 38.0 Å². The maximum absolute atomic E-state index is 12.8. The topological polar surface area (TPSA) is 123 Å². The van der Waals surface area contributed by atoms with Crippen molar-refractivity contribution in [3.8, 4) is 28.4 Å². The number of carbonyl (C=O) groups excluding carboxylic acids is 1. The van der Waals surface area contributed by atoms with E-state index in [0.717, 1.165) is 0 Å². The standard InChI is InChI=1S/C22H24N4O5S/c1-11(27)24-15-8-6-13-18(12-7-9-17(32-5)16(28)10-14(12)15)20(29-2)22(31-4)21(30-3)19(13)25-26-23/h7,9-10,15H,6,8H2,1-5H3,(H,24,27)/t15-/m0/s1. The molecule has 2 aromatic carbocycles. The third-order valence-corrected chi connectivity index (χ3v) is 6.14. The number of fused-ring (bicyclic) bond motifs is 3. The molecule has 0 heterocycles. The Hall–Kier alpha value is -3.36. The van der Waals surface area contributed by atoms with Crippen LogP contribution in [-0.2, 0) is 11.2 Å². The van der Waals surface area contributed by atoms with Gasteiger partial charge < -0.3 is 19.5 Å². The van der Waals surface area contributed by atoms with Crippen LogP contribution in [0.4, 0.5) is 5.69 Å². The number of thioether (sulfide) groups is 1. The molecule has 0 unspecified atom stereocenters. The van der Waals surface area contributed by atoms with Crippen molar-refractivity contribution < 1.29 is 19.0 Å². The fourth-order valence-electron chi connectivity index (χ4n) is 4.12. The molecule has 0 bridgehead atoms. The van der Waals surface area contributed by atoms with Crippen molar-refractivity contribution in [2.45, 2.75) is 30.7 Å². The maximum atomic E-state index is 12.8. The Balaban J connectivity index is 2.54. The minimum Gasteiger partial charge on any atom is -0.492 e. The van der Waals surface area contributed by atoms with Gasteiger partial charge in [0, 0.05) is 17.4 Å². The molecule has 1 amide bonds. The van der Waals surface area contributed by atoms with Gasteiger partial charge in [-0.2, -0.15) is 0 Å². The lowest BCUT2D eigenvalue weighted by Crippen LogP contribution is -2.26. The second-order valence-corrected chi connectivity index (χ2v) is 7.91. The molecule has 0 aliphatic heterocycles. The molecule has 9 nitrogen and oxygen atoms in total. The van der Waals surface area contributed by atoms with Crippen molar-refractivity contribution in [3.05, 3.63) is 50.0 Å². The molecule has 10 heteroatoms. The van der Waals surface area contributed by atoms with Gasteiger partial charge in [-0.05, 0) is 53.5 Å². The molecule has 0 saturated heterocycles. The Morgan fingerprint density at radius 3 is 2.44 bits per heavy atom. The first-order chi connectivity index (χ1) is 15.4. The first-order valence-electron chi connectivity index (χ1n) is 9.81. The molecule has 0 saturated carbocycles. The van der Waals surface area contributed by atoms with Crippen molar-refractivity contribution in [2.75, 3.05) is 27.6 Å². The number of azide groups is 1. The zero-order chi connectivity index (χ0) is 23.4. The molecule has 2 aromatic rings. The van der Waals surface area contributed by atoms with Gasteiger partial charge in [0.25, 0.3) is 0 Å². The van der Waals surface area contributed by atoms with Gasteiger partial charge in [-0.15, -0.1) is 11.8 Å². The summed E-state index contributed by atoms with van der Waals surface area (Å²) in [4.78, 5) is 28.4. The van der Waals surface area contributed by atoms with Crippen molar-refractivity contribution in [3.63, 3.8) is 0 Å². The normalized spacial score (nSPS) is 14.2. The Bertz CT molecular complexity index is 1180. The second-order valence-electron chi connectivity index (χ2n) is 7.06. The van der Waals surface area contributed by atoms with Crippen LogP contribution < -0.4 is 25.0 Å². The van der Waals surface area contributed by atoms with E-state index in [-0.39, 0.29) is 28.5 Å². The van der Waals surface area contributed by atoms with Crippen LogP contribution in [0.3, 0.4) is 0 Å². The van der Waals surface area contributed by atoms with E-state index in [1.165, 1.54) is 40.0 Å². The largest absolute Gasteiger partial charge is 0.492 e. The number of nitrogens with one attached hydrogen (secondary N) is 1. The third-order valence-electron chi connectivity index (χ3n) is 5.37.